The number of rotatable bonds is 4. The lowest BCUT2D eigenvalue weighted by molar-refractivity contribution is -0.325. The molecule has 0 aliphatic carbocycles. The van der Waals surface area contributed by atoms with Gasteiger partial charge in [-0.2, -0.15) is 0 Å². The van der Waals surface area contributed by atoms with E-state index in [2.05, 4.69) is 20.0 Å². The average molecular weight is 239 g/mol. The van der Waals surface area contributed by atoms with Gasteiger partial charge >= 0.3 is 6.36 Å². The van der Waals surface area contributed by atoms with E-state index in [0.717, 1.165) is 11.0 Å². The fraction of sp³-hybridized carbons (Fsp3) is 0.500. The maximum Gasteiger partial charge on any atom is 0.522 e. The van der Waals surface area contributed by atoms with Crippen LogP contribution in [0.3, 0.4) is 0 Å². The molecule has 0 unspecified atom stereocenters. The van der Waals surface area contributed by atoms with Crippen LogP contribution in [0.2, 0.25) is 0 Å². The highest BCUT2D eigenvalue weighted by atomic mass is 19.4. The summed E-state index contributed by atoms with van der Waals surface area (Å²) < 4.78 is 39.4. The van der Waals surface area contributed by atoms with Gasteiger partial charge in [0, 0.05) is 0 Å². The summed E-state index contributed by atoms with van der Waals surface area (Å²) in [6.07, 6.45) is -3.53. The Labute approximate surface area is 87.3 Å². The zero-order valence-electron chi connectivity index (χ0n) is 7.85. The van der Waals surface area contributed by atoms with Crippen molar-refractivity contribution in [1.82, 2.24) is 14.8 Å². The maximum atomic E-state index is 11.6. The van der Waals surface area contributed by atoms with Crippen LogP contribution in [0.25, 0.3) is 0 Å². The van der Waals surface area contributed by atoms with E-state index >= 15 is 0 Å². The van der Waals surface area contributed by atoms with Gasteiger partial charge in [-0.1, -0.05) is 5.16 Å². The number of amidine groups is 1. The van der Waals surface area contributed by atoms with E-state index in [9.17, 15) is 13.2 Å². The first-order valence-electron chi connectivity index (χ1n) is 4.00. The minimum atomic E-state index is -4.67. The van der Waals surface area contributed by atoms with Crippen LogP contribution in [0.1, 0.15) is 5.82 Å². The number of halogens is 3. The third kappa shape index (κ3) is 3.73. The molecular weight excluding hydrogens is 231 g/mol. The Morgan fingerprint density at radius 3 is 2.88 bits per heavy atom. The van der Waals surface area contributed by atoms with Gasteiger partial charge in [-0.15, -0.1) is 18.3 Å². The van der Waals surface area contributed by atoms with E-state index < -0.39 is 13.0 Å². The fourth-order valence-corrected chi connectivity index (χ4v) is 0.819. The molecule has 0 aliphatic rings. The van der Waals surface area contributed by atoms with Gasteiger partial charge in [0.25, 0.3) is 0 Å². The molecule has 0 atom stereocenters. The summed E-state index contributed by atoms with van der Waals surface area (Å²) in [6, 6.07) is 0. The van der Waals surface area contributed by atoms with Gasteiger partial charge < -0.3 is 10.9 Å². The van der Waals surface area contributed by atoms with Crippen LogP contribution < -0.4 is 5.73 Å². The van der Waals surface area contributed by atoms with Crippen molar-refractivity contribution in [2.45, 2.75) is 12.9 Å². The number of nitrogens with two attached hydrogens (primary N) is 1. The lowest BCUT2D eigenvalue weighted by Crippen LogP contribution is -2.18. The Bertz CT molecular complexity index is 374. The van der Waals surface area contributed by atoms with Crippen LogP contribution in [0.15, 0.2) is 11.5 Å². The third-order valence-electron chi connectivity index (χ3n) is 1.46. The number of aromatic nitrogens is 3. The first-order chi connectivity index (χ1) is 7.42. The van der Waals surface area contributed by atoms with Crippen LogP contribution in [0.4, 0.5) is 13.2 Å². The van der Waals surface area contributed by atoms with Crippen molar-refractivity contribution in [3.05, 3.63) is 12.2 Å². The highest BCUT2D eigenvalue weighted by Gasteiger charge is 2.28. The SMILES string of the molecule is NC(=NO)c1ncn(CCOC(F)(F)F)n1. The van der Waals surface area contributed by atoms with Crippen molar-refractivity contribution in [2.75, 3.05) is 6.61 Å². The summed E-state index contributed by atoms with van der Waals surface area (Å²) in [7, 11) is 0. The second-order valence-electron chi connectivity index (χ2n) is 2.61. The molecular formula is C6H8F3N5O2. The Hall–Kier alpha value is -1.84. The predicted molar refractivity (Wildman–Crippen MR) is 44.5 cm³/mol. The molecule has 0 saturated carbocycles. The minimum absolute atomic E-state index is 0.0745. The van der Waals surface area contributed by atoms with Gasteiger partial charge in [0.05, 0.1) is 13.2 Å². The van der Waals surface area contributed by atoms with Crippen molar-refractivity contribution in [1.29, 1.82) is 0 Å². The minimum Gasteiger partial charge on any atom is -0.409 e. The Balaban J connectivity index is 2.47. The molecule has 1 rings (SSSR count). The molecule has 90 valence electrons. The summed E-state index contributed by atoms with van der Waals surface area (Å²) in [5.74, 6) is -0.398. The van der Waals surface area contributed by atoms with E-state index in [0.29, 0.717) is 0 Å². The van der Waals surface area contributed by atoms with Crippen LogP contribution in [0, 0.1) is 0 Å². The normalized spacial score (nSPS) is 13.1. The van der Waals surface area contributed by atoms with Gasteiger partial charge in [-0.25, -0.2) is 9.67 Å². The molecule has 0 aliphatic heterocycles. The van der Waals surface area contributed by atoms with Gasteiger partial charge in [-0.3, -0.25) is 4.74 Å². The molecule has 0 bridgehead atoms. The van der Waals surface area contributed by atoms with Crippen LogP contribution in [-0.2, 0) is 11.3 Å². The molecule has 10 heteroatoms. The number of oxime groups is 1. The second-order valence-corrected chi connectivity index (χ2v) is 2.61. The lowest BCUT2D eigenvalue weighted by atomic mass is 10.6. The van der Waals surface area contributed by atoms with Crippen LogP contribution in [-0.4, -0.2) is 38.8 Å². The Morgan fingerprint density at radius 2 is 2.31 bits per heavy atom. The predicted octanol–water partition coefficient (Wildman–Crippen LogP) is -0.0910. The summed E-state index contributed by atoms with van der Waals surface area (Å²) in [5, 5.41) is 14.6. The zero-order chi connectivity index (χ0) is 12.2. The highest BCUT2D eigenvalue weighted by Crippen LogP contribution is 2.15. The number of nitrogens with zero attached hydrogens (tertiary/aromatic N) is 4. The summed E-state index contributed by atoms with van der Waals surface area (Å²) >= 11 is 0. The maximum absolute atomic E-state index is 11.6. The molecule has 1 heterocycles. The average Bonchev–Trinajstić information content (AvgIpc) is 2.63. The fourth-order valence-electron chi connectivity index (χ4n) is 0.819. The summed E-state index contributed by atoms with van der Waals surface area (Å²) in [4.78, 5) is 3.60. The summed E-state index contributed by atoms with van der Waals surface area (Å²) in [6.45, 7) is -0.742. The van der Waals surface area contributed by atoms with E-state index in [1.807, 2.05) is 0 Å². The quantitative estimate of drug-likeness (QED) is 0.331. The van der Waals surface area contributed by atoms with Gasteiger partial charge in [0.15, 0.2) is 0 Å². The monoisotopic (exact) mass is 239 g/mol. The number of ether oxygens (including phenoxy) is 1. The first-order valence-corrected chi connectivity index (χ1v) is 4.00. The Kier molecular flexibility index (Phi) is 3.66. The molecule has 1 aromatic heterocycles. The van der Waals surface area contributed by atoms with E-state index in [4.69, 9.17) is 10.9 Å². The summed E-state index contributed by atoms with van der Waals surface area (Å²) in [5.41, 5.74) is 5.16. The van der Waals surface area contributed by atoms with Crippen molar-refractivity contribution in [3.8, 4) is 0 Å². The second kappa shape index (κ2) is 4.79. The number of alkyl halides is 3. The highest BCUT2D eigenvalue weighted by molar-refractivity contribution is 5.93. The van der Waals surface area contributed by atoms with Gasteiger partial charge in [0.1, 0.15) is 6.33 Å². The molecule has 1 aromatic rings. The topological polar surface area (TPSA) is 98.6 Å². The molecule has 3 N–H and O–H groups in total. The largest absolute Gasteiger partial charge is 0.522 e. The molecule has 16 heavy (non-hydrogen) atoms. The molecule has 0 amide bonds. The van der Waals surface area contributed by atoms with Crippen LogP contribution >= 0.6 is 0 Å². The lowest BCUT2D eigenvalue weighted by Gasteiger charge is -2.06. The molecule has 0 saturated heterocycles. The Morgan fingerprint density at radius 1 is 1.62 bits per heavy atom. The van der Waals surface area contributed by atoms with Crippen molar-refractivity contribution >= 4 is 5.84 Å². The standard InChI is InChI=1S/C6H8F3N5O2/c7-6(8,9)16-2-1-14-3-11-5(12-14)4(10)13-15/h3,15H,1-2H2,(H2,10,13). The van der Waals surface area contributed by atoms with E-state index in [1.165, 1.54) is 0 Å². The van der Waals surface area contributed by atoms with Crippen molar-refractivity contribution in [2.24, 2.45) is 10.9 Å². The van der Waals surface area contributed by atoms with E-state index in [-0.39, 0.29) is 18.2 Å². The number of hydrogen-bond acceptors (Lipinski definition) is 5. The van der Waals surface area contributed by atoms with Crippen LogP contribution in [0.5, 0.6) is 0 Å². The molecule has 0 aromatic carbocycles. The first kappa shape index (κ1) is 12.2. The molecule has 0 fully saturated rings. The molecule has 0 radical (unpaired) electrons. The molecule has 7 nitrogen and oxygen atoms in total. The number of hydrogen-bond donors (Lipinski definition) is 2. The van der Waals surface area contributed by atoms with E-state index in [1.54, 1.807) is 0 Å². The van der Waals surface area contributed by atoms with Gasteiger partial charge in [0.2, 0.25) is 11.7 Å². The molecule has 0 spiro atoms. The van der Waals surface area contributed by atoms with Crippen molar-refractivity contribution in [3.63, 3.8) is 0 Å². The zero-order valence-corrected chi connectivity index (χ0v) is 7.85. The smallest absolute Gasteiger partial charge is 0.409 e. The van der Waals surface area contributed by atoms with Crippen molar-refractivity contribution < 1.29 is 23.1 Å². The third-order valence-corrected chi connectivity index (χ3v) is 1.46. The van der Waals surface area contributed by atoms with Gasteiger partial charge in [-0.05, 0) is 0 Å².